The summed E-state index contributed by atoms with van der Waals surface area (Å²) >= 11 is 0. The van der Waals surface area contributed by atoms with Crippen LogP contribution in [0.2, 0.25) is 0 Å². The Balaban J connectivity index is 2.64. The maximum Gasteiger partial charge on any atom is 0.198 e. The molecule has 0 aliphatic heterocycles. The largest absolute Gasteiger partial charge is 0.444 e. The van der Waals surface area contributed by atoms with Gasteiger partial charge in [0.1, 0.15) is 5.76 Å². The maximum atomic E-state index is 5.64. The molecule has 0 amide bonds. The van der Waals surface area contributed by atoms with E-state index in [0.717, 1.165) is 30.2 Å². The van der Waals surface area contributed by atoms with Crippen LogP contribution in [0.4, 0.5) is 0 Å². The highest BCUT2D eigenvalue weighted by atomic mass is 16.4. The summed E-state index contributed by atoms with van der Waals surface area (Å²) in [4.78, 5) is 6.31. The number of nitrogens with zero attached hydrogens (tertiary/aromatic N) is 2. The van der Waals surface area contributed by atoms with E-state index in [0.29, 0.717) is 6.42 Å². The summed E-state index contributed by atoms with van der Waals surface area (Å²) in [5.41, 5.74) is 1.11. The Morgan fingerprint density at radius 1 is 1.47 bits per heavy atom. The number of hydrogen-bond donors (Lipinski definition) is 0. The van der Waals surface area contributed by atoms with E-state index in [1.165, 1.54) is 0 Å². The lowest BCUT2D eigenvalue weighted by atomic mass is 10.1. The van der Waals surface area contributed by atoms with Gasteiger partial charge >= 0.3 is 0 Å². The second kappa shape index (κ2) is 6.86. The second-order valence-electron chi connectivity index (χ2n) is 4.14. The van der Waals surface area contributed by atoms with Gasteiger partial charge in [0.2, 0.25) is 0 Å². The normalized spacial score (nSPS) is 11.8. The van der Waals surface area contributed by atoms with Gasteiger partial charge in [-0.1, -0.05) is 24.8 Å². The Bertz CT molecular complexity index is 402. The van der Waals surface area contributed by atoms with Crippen molar-refractivity contribution < 1.29 is 4.42 Å². The van der Waals surface area contributed by atoms with Gasteiger partial charge in [-0.15, -0.1) is 6.58 Å². The third-order valence-corrected chi connectivity index (χ3v) is 2.24. The van der Waals surface area contributed by atoms with Crippen molar-refractivity contribution in [1.29, 1.82) is 0 Å². The van der Waals surface area contributed by atoms with Gasteiger partial charge in [0, 0.05) is 6.42 Å². The van der Waals surface area contributed by atoms with Crippen molar-refractivity contribution in [3.63, 3.8) is 0 Å². The molecule has 0 aromatic carbocycles. The third-order valence-electron chi connectivity index (χ3n) is 2.24. The Hall–Kier alpha value is -1.61. The topological polar surface area (TPSA) is 29.3 Å². The molecule has 92 valence electrons. The van der Waals surface area contributed by atoms with Gasteiger partial charge in [0.05, 0.1) is 12.7 Å². The molecule has 1 rings (SSSR count). The first-order valence-electron chi connectivity index (χ1n) is 5.66. The lowest BCUT2D eigenvalue weighted by molar-refractivity contribution is 0.342. The SMILES string of the molecule is C=CCC=C(C=C)Cc1ncc(CN(C)C)o1. The van der Waals surface area contributed by atoms with Gasteiger partial charge in [0.15, 0.2) is 5.89 Å². The predicted octanol–water partition coefficient (Wildman–Crippen LogP) is 2.97. The van der Waals surface area contributed by atoms with Gasteiger partial charge < -0.3 is 9.32 Å². The van der Waals surface area contributed by atoms with Crippen LogP contribution < -0.4 is 0 Å². The van der Waals surface area contributed by atoms with E-state index in [1.54, 1.807) is 6.20 Å². The van der Waals surface area contributed by atoms with Crippen LogP contribution in [0, 0.1) is 0 Å². The lowest BCUT2D eigenvalue weighted by Crippen LogP contribution is -2.09. The molecule has 0 saturated carbocycles. The van der Waals surface area contributed by atoms with Crippen molar-refractivity contribution in [3.8, 4) is 0 Å². The zero-order chi connectivity index (χ0) is 12.7. The van der Waals surface area contributed by atoms with Crippen molar-refractivity contribution in [3.05, 3.63) is 54.8 Å². The Morgan fingerprint density at radius 2 is 2.24 bits per heavy atom. The van der Waals surface area contributed by atoms with Crippen LogP contribution in [0.5, 0.6) is 0 Å². The monoisotopic (exact) mass is 232 g/mol. The summed E-state index contributed by atoms with van der Waals surface area (Å²) in [6, 6.07) is 0. The van der Waals surface area contributed by atoms with Crippen LogP contribution in [0.1, 0.15) is 18.1 Å². The molecule has 0 unspecified atom stereocenters. The number of allylic oxidation sites excluding steroid dienone is 4. The van der Waals surface area contributed by atoms with Crippen molar-refractivity contribution >= 4 is 0 Å². The van der Waals surface area contributed by atoms with Crippen LogP contribution in [-0.2, 0) is 13.0 Å². The quantitative estimate of drug-likeness (QED) is 0.534. The minimum atomic E-state index is 0.685. The average Bonchev–Trinajstić information content (AvgIpc) is 2.70. The van der Waals surface area contributed by atoms with Crippen molar-refractivity contribution in [2.75, 3.05) is 14.1 Å². The van der Waals surface area contributed by atoms with E-state index < -0.39 is 0 Å². The molecule has 0 saturated heterocycles. The van der Waals surface area contributed by atoms with Crippen LogP contribution in [0.15, 0.2) is 47.6 Å². The summed E-state index contributed by atoms with van der Waals surface area (Å²) in [7, 11) is 4.00. The fourth-order valence-electron chi connectivity index (χ4n) is 1.45. The zero-order valence-electron chi connectivity index (χ0n) is 10.6. The molecule has 0 fully saturated rings. The van der Waals surface area contributed by atoms with Crippen molar-refractivity contribution in [1.82, 2.24) is 9.88 Å². The van der Waals surface area contributed by atoms with Crippen LogP contribution >= 0.6 is 0 Å². The Morgan fingerprint density at radius 3 is 2.82 bits per heavy atom. The zero-order valence-corrected chi connectivity index (χ0v) is 10.6. The number of hydrogen-bond acceptors (Lipinski definition) is 3. The highest BCUT2D eigenvalue weighted by Gasteiger charge is 2.05. The molecule has 0 atom stereocenters. The standard InChI is InChI=1S/C14H20N2O/c1-5-7-8-12(6-2)9-14-15-10-13(17-14)11-16(3)4/h5-6,8,10H,1-2,7,9,11H2,3-4H3. The first kappa shape index (κ1) is 13.5. The molecule has 3 heteroatoms. The second-order valence-corrected chi connectivity index (χ2v) is 4.14. The molecule has 0 bridgehead atoms. The number of rotatable bonds is 7. The molecule has 1 heterocycles. The summed E-state index contributed by atoms with van der Waals surface area (Å²) in [6.45, 7) is 8.24. The van der Waals surface area contributed by atoms with Gasteiger partial charge in [-0.25, -0.2) is 4.98 Å². The lowest BCUT2D eigenvalue weighted by Gasteiger charge is -2.05. The molecule has 0 N–H and O–H groups in total. The fraction of sp³-hybridized carbons (Fsp3) is 0.357. The van der Waals surface area contributed by atoms with Crippen LogP contribution in [0.25, 0.3) is 0 Å². The molecule has 17 heavy (non-hydrogen) atoms. The average molecular weight is 232 g/mol. The highest BCUT2D eigenvalue weighted by molar-refractivity contribution is 5.20. The van der Waals surface area contributed by atoms with Crippen molar-refractivity contribution in [2.45, 2.75) is 19.4 Å². The Labute approximate surface area is 103 Å². The first-order chi connectivity index (χ1) is 8.15. The molecule has 1 aromatic rings. The van der Waals surface area contributed by atoms with Crippen LogP contribution in [0.3, 0.4) is 0 Å². The summed E-state index contributed by atoms with van der Waals surface area (Å²) in [5.74, 6) is 1.62. The number of oxazole rings is 1. The molecule has 0 radical (unpaired) electrons. The fourth-order valence-corrected chi connectivity index (χ4v) is 1.45. The van der Waals surface area contributed by atoms with E-state index in [2.05, 4.69) is 24.2 Å². The van der Waals surface area contributed by atoms with Crippen molar-refractivity contribution in [2.24, 2.45) is 0 Å². The minimum Gasteiger partial charge on any atom is -0.444 e. The molecular weight excluding hydrogens is 212 g/mol. The molecular formula is C14H20N2O. The number of aromatic nitrogens is 1. The summed E-state index contributed by atoms with van der Waals surface area (Å²) in [6.07, 6.45) is 9.08. The Kier molecular flexibility index (Phi) is 5.43. The predicted molar refractivity (Wildman–Crippen MR) is 70.7 cm³/mol. The molecule has 0 spiro atoms. The van der Waals surface area contributed by atoms with Crippen LogP contribution in [-0.4, -0.2) is 24.0 Å². The highest BCUT2D eigenvalue weighted by Crippen LogP contribution is 2.11. The van der Waals surface area contributed by atoms with Gasteiger partial charge in [-0.2, -0.15) is 0 Å². The molecule has 3 nitrogen and oxygen atoms in total. The van der Waals surface area contributed by atoms with E-state index >= 15 is 0 Å². The minimum absolute atomic E-state index is 0.685. The van der Waals surface area contributed by atoms with Gasteiger partial charge in [-0.05, 0) is 26.1 Å². The van der Waals surface area contributed by atoms with E-state index in [1.807, 2.05) is 31.1 Å². The van der Waals surface area contributed by atoms with E-state index in [-0.39, 0.29) is 0 Å². The third kappa shape index (κ3) is 4.83. The van der Waals surface area contributed by atoms with Gasteiger partial charge in [0.25, 0.3) is 0 Å². The van der Waals surface area contributed by atoms with Gasteiger partial charge in [-0.3, -0.25) is 0 Å². The maximum absolute atomic E-state index is 5.64. The van der Waals surface area contributed by atoms with E-state index in [4.69, 9.17) is 4.42 Å². The summed E-state index contributed by atoms with van der Waals surface area (Å²) in [5, 5.41) is 0. The summed E-state index contributed by atoms with van der Waals surface area (Å²) < 4.78 is 5.64. The molecule has 0 aliphatic carbocycles. The molecule has 1 aromatic heterocycles. The smallest absolute Gasteiger partial charge is 0.198 e. The first-order valence-corrected chi connectivity index (χ1v) is 5.66. The molecule has 0 aliphatic rings. The van der Waals surface area contributed by atoms with E-state index in [9.17, 15) is 0 Å².